The molecule has 1 saturated heterocycles. The van der Waals surface area contributed by atoms with Gasteiger partial charge in [-0.25, -0.2) is 9.97 Å². The summed E-state index contributed by atoms with van der Waals surface area (Å²) in [5.41, 5.74) is 1.27. The molecular formula is C22H28N4OS2. The molecule has 0 radical (unpaired) electrons. The Balaban J connectivity index is 1.44. The van der Waals surface area contributed by atoms with Crippen LogP contribution in [-0.2, 0) is 4.79 Å². The van der Waals surface area contributed by atoms with Gasteiger partial charge in [0, 0.05) is 28.8 Å². The van der Waals surface area contributed by atoms with E-state index in [9.17, 15) is 4.79 Å². The number of aromatic nitrogens is 2. The van der Waals surface area contributed by atoms with Crippen LogP contribution in [0.1, 0.15) is 48.0 Å². The zero-order valence-corrected chi connectivity index (χ0v) is 19.1. The SMILES string of the molecule is Cc1sc2ncnc(N3CCC(C(=O)NC(c4cccs4)C(C)C)CC3)c2c1C. The third-order valence-electron chi connectivity index (χ3n) is 5.92. The van der Waals surface area contributed by atoms with Gasteiger partial charge < -0.3 is 10.2 Å². The van der Waals surface area contributed by atoms with Gasteiger partial charge in [-0.1, -0.05) is 19.9 Å². The van der Waals surface area contributed by atoms with E-state index < -0.39 is 0 Å². The monoisotopic (exact) mass is 428 g/mol. The van der Waals surface area contributed by atoms with E-state index in [1.807, 2.05) is 0 Å². The van der Waals surface area contributed by atoms with Crippen LogP contribution in [0.2, 0.25) is 0 Å². The molecule has 1 unspecified atom stereocenters. The molecule has 5 nitrogen and oxygen atoms in total. The molecule has 0 aliphatic carbocycles. The summed E-state index contributed by atoms with van der Waals surface area (Å²) in [6, 6.07) is 4.26. The summed E-state index contributed by atoms with van der Waals surface area (Å²) in [6.07, 6.45) is 3.38. The van der Waals surface area contributed by atoms with Gasteiger partial charge in [0.2, 0.25) is 5.91 Å². The number of amides is 1. The summed E-state index contributed by atoms with van der Waals surface area (Å²) < 4.78 is 0. The molecule has 3 aromatic heterocycles. The number of piperidine rings is 1. The molecule has 3 aromatic rings. The van der Waals surface area contributed by atoms with Crippen molar-refractivity contribution >= 4 is 44.6 Å². The van der Waals surface area contributed by atoms with Gasteiger partial charge in [0.15, 0.2) is 0 Å². The zero-order valence-electron chi connectivity index (χ0n) is 17.4. The van der Waals surface area contributed by atoms with Crippen molar-refractivity contribution in [2.24, 2.45) is 11.8 Å². The first-order valence-electron chi connectivity index (χ1n) is 10.2. The van der Waals surface area contributed by atoms with Crippen LogP contribution in [0.4, 0.5) is 5.82 Å². The maximum atomic E-state index is 13.0. The summed E-state index contributed by atoms with van der Waals surface area (Å²) in [7, 11) is 0. The van der Waals surface area contributed by atoms with Gasteiger partial charge in [0.05, 0.1) is 11.4 Å². The van der Waals surface area contributed by atoms with E-state index >= 15 is 0 Å². The van der Waals surface area contributed by atoms with Crippen molar-refractivity contribution in [3.63, 3.8) is 0 Å². The first-order valence-corrected chi connectivity index (χ1v) is 11.9. The van der Waals surface area contributed by atoms with Crippen molar-refractivity contribution in [2.45, 2.75) is 46.6 Å². The van der Waals surface area contributed by atoms with Crippen LogP contribution in [0.5, 0.6) is 0 Å². The Labute approximate surface area is 180 Å². The highest BCUT2D eigenvalue weighted by atomic mass is 32.1. The van der Waals surface area contributed by atoms with Crippen molar-refractivity contribution in [2.75, 3.05) is 18.0 Å². The van der Waals surface area contributed by atoms with Crippen LogP contribution in [0, 0.1) is 25.7 Å². The van der Waals surface area contributed by atoms with Gasteiger partial charge in [-0.2, -0.15) is 0 Å². The largest absolute Gasteiger partial charge is 0.356 e. The summed E-state index contributed by atoms with van der Waals surface area (Å²) in [5.74, 6) is 1.65. The van der Waals surface area contributed by atoms with Crippen LogP contribution >= 0.6 is 22.7 Å². The van der Waals surface area contributed by atoms with Gasteiger partial charge in [0.25, 0.3) is 0 Å². The standard InChI is InChI=1S/C22H28N4OS2/c1-13(2)19(17-6-5-11-28-17)25-21(27)16-7-9-26(10-8-16)20-18-14(3)15(4)29-22(18)24-12-23-20/h5-6,11-13,16,19H,7-10H2,1-4H3,(H,25,27). The number of rotatable bonds is 5. The smallest absolute Gasteiger partial charge is 0.223 e. The lowest BCUT2D eigenvalue weighted by atomic mass is 9.94. The second-order valence-electron chi connectivity index (χ2n) is 8.17. The molecule has 1 atom stereocenters. The van der Waals surface area contributed by atoms with E-state index in [2.05, 4.69) is 65.4 Å². The Hall–Kier alpha value is -1.99. The van der Waals surface area contributed by atoms with Crippen molar-refractivity contribution < 1.29 is 4.79 Å². The molecule has 1 aliphatic rings. The lowest BCUT2D eigenvalue weighted by molar-refractivity contribution is -0.126. The number of nitrogens with zero attached hydrogens (tertiary/aromatic N) is 3. The molecular weight excluding hydrogens is 400 g/mol. The van der Waals surface area contributed by atoms with Gasteiger partial charge in [-0.3, -0.25) is 4.79 Å². The normalized spacial score (nSPS) is 16.5. The highest BCUT2D eigenvalue weighted by molar-refractivity contribution is 7.18. The average Bonchev–Trinajstić information content (AvgIpc) is 3.34. The van der Waals surface area contributed by atoms with E-state index in [4.69, 9.17) is 0 Å². The fourth-order valence-electron chi connectivity index (χ4n) is 4.06. The highest BCUT2D eigenvalue weighted by Gasteiger charge is 2.29. The third kappa shape index (κ3) is 4.03. The number of aryl methyl sites for hydroxylation is 2. The Kier molecular flexibility index (Phi) is 5.88. The van der Waals surface area contributed by atoms with Gasteiger partial charge in [-0.05, 0) is 49.6 Å². The number of fused-ring (bicyclic) bond motifs is 1. The number of thiophene rings is 2. The quantitative estimate of drug-likeness (QED) is 0.614. The summed E-state index contributed by atoms with van der Waals surface area (Å²) in [4.78, 5) is 27.9. The lowest BCUT2D eigenvalue weighted by Crippen LogP contribution is -2.42. The first kappa shape index (κ1) is 20.3. The molecule has 1 fully saturated rings. The molecule has 0 aromatic carbocycles. The Morgan fingerprint density at radius 1 is 1.24 bits per heavy atom. The first-order chi connectivity index (χ1) is 14.0. The van der Waals surface area contributed by atoms with E-state index in [1.54, 1.807) is 29.0 Å². The minimum atomic E-state index is 0.0649. The predicted octanol–water partition coefficient (Wildman–Crippen LogP) is 5.10. The molecule has 1 aliphatic heterocycles. The van der Waals surface area contributed by atoms with Crippen LogP contribution in [0.15, 0.2) is 23.8 Å². The number of carbonyl (C=O) groups excluding carboxylic acids is 1. The second kappa shape index (κ2) is 8.40. The zero-order chi connectivity index (χ0) is 20.5. The van der Waals surface area contributed by atoms with Crippen molar-refractivity contribution in [3.8, 4) is 0 Å². The highest BCUT2D eigenvalue weighted by Crippen LogP contribution is 2.36. The molecule has 154 valence electrons. The van der Waals surface area contributed by atoms with Crippen molar-refractivity contribution in [1.29, 1.82) is 0 Å². The number of nitrogens with one attached hydrogen (secondary N) is 1. The van der Waals surface area contributed by atoms with Crippen LogP contribution in [0.25, 0.3) is 10.2 Å². The Morgan fingerprint density at radius 2 is 2.00 bits per heavy atom. The number of anilines is 1. The molecule has 0 spiro atoms. The van der Waals surface area contributed by atoms with Crippen LogP contribution in [0.3, 0.4) is 0 Å². The van der Waals surface area contributed by atoms with Crippen LogP contribution in [-0.4, -0.2) is 29.0 Å². The van der Waals surface area contributed by atoms with E-state index in [0.717, 1.165) is 36.6 Å². The molecule has 0 bridgehead atoms. The number of hydrogen-bond acceptors (Lipinski definition) is 6. The van der Waals surface area contributed by atoms with Gasteiger partial charge in [-0.15, -0.1) is 22.7 Å². The average molecular weight is 429 g/mol. The number of hydrogen-bond donors (Lipinski definition) is 1. The topological polar surface area (TPSA) is 58.1 Å². The second-order valence-corrected chi connectivity index (χ2v) is 10.4. The van der Waals surface area contributed by atoms with Gasteiger partial charge >= 0.3 is 0 Å². The lowest BCUT2D eigenvalue weighted by Gasteiger charge is -2.33. The Morgan fingerprint density at radius 3 is 2.66 bits per heavy atom. The molecule has 0 saturated carbocycles. The van der Waals surface area contributed by atoms with E-state index in [1.165, 1.54) is 20.7 Å². The maximum Gasteiger partial charge on any atom is 0.223 e. The number of carbonyl (C=O) groups is 1. The van der Waals surface area contributed by atoms with E-state index in [-0.39, 0.29) is 17.9 Å². The van der Waals surface area contributed by atoms with Crippen LogP contribution < -0.4 is 10.2 Å². The van der Waals surface area contributed by atoms with Crippen molar-refractivity contribution in [1.82, 2.24) is 15.3 Å². The summed E-state index contributed by atoms with van der Waals surface area (Å²) >= 11 is 3.44. The molecule has 29 heavy (non-hydrogen) atoms. The minimum absolute atomic E-state index is 0.0649. The van der Waals surface area contributed by atoms with E-state index in [0.29, 0.717) is 5.92 Å². The summed E-state index contributed by atoms with van der Waals surface area (Å²) in [6.45, 7) is 10.3. The predicted molar refractivity (Wildman–Crippen MR) is 122 cm³/mol. The molecule has 1 amide bonds. The molecule has 7 heteroatoms. The minimum Gasteiger partial charge on any atom is -0.356 e. The van der Waals surface area contributed by atoms with Crippen molar-refractivity contribution in [3.05, 3.63) is 39.2 Å². The fourth-order valence-corrected chi connectivity index (χ4v) is 6.00. The summed E-state index contributed by atoms with van der Waals surface area (Å²) in [5, 5.41) is 6.57. The Bertz CT molecular complexity index is 988. The van der Waals surface area contributed by atoms with Gasteiger partial charge in [0.1, 0.15) is 17.0 Å². The third-order valence-corrected chi connectivity index (χ3v) is 8.00. The molecule has 4 heterocycles. The fraction of sp³-hybridized carbons (Fsp3) is 0.500. The maximum absolute atomic E-state index is 13.0. The molecule has 4 rings (SSSR count). The molecule has 1 N–H and O–H groups in total.